The predicted octanol–water partition coefficient (Wildman–Crippen LogP) is 3.29. The minimum Gasteiger partial charge on any atom is -0.487 e. The fraction of sp³-hybridized carbons (Fsp3) is 0.0667. The normalized spacial score (nSPS) is 9.60. The van der Waals surface area contributed by atoms with E-state index in [1.54, 1.807) is 6.07 Å². The summed E-state index contributed by atoms with van der Waals surface area (Å²) in [6.07, 6.45) is 0. The first kappa shape index (κ1) is 13.5. The third-order valence-corrected chi connectivity index (χ3v) is 2.65. The highest BCUT2D eigenvalue weighted by atomic mass is 19.1. The molecule has 0 aliphatic rings. The van der Waals surface area contributed by atoms with Gasteiger partial charge in [0.1, 0.15) is 35.6 Å². The van der Waals surface area contributed by atoms with Crippen molar-refractivity contribution in [1.29, 1.82) is 10.5 Å². The molecule has 2 rings (SSSR count). The zero-order valence-electron chi connectivity index (χ0n) is 10.2. The summed E-state index contributed by atoms with van der Waals surface area (Å²) >= 11 is 0. The van der Waals surface area contributed by atoms with Gasteiger partial charge in [-0.2, -0.15) is 10.5 Å². The number of halogens is 2. The molecule has 0 fully saturated rings. The number of hydrogen-bond donors (Lipinski definition) is 0. The summed E-state index contributed by atoms with van der Waals surface area (Å²) in [4.78, 5) is 0. The van der Waals surface area contributed by atoms with Crippen molar-refractivity contribution in [3.8, 4) is 17.9 Å². The maximum atomic E-state index is 13.5. The summed E-state index contributed by atoms with van der Waals surface area (Å²) in [6.45, 7) is -0.195. The van der Waals surface area contributed by atoms with E-state index in [0.29, 0.717) is 5.56 Å². The molecule has 20 heavy (non-hydrogen) atoms. The Morgan fingerprint density at radius 3 is 2.50 bits per heavy atom. The molecule has 5 heteroatoms. The Morgan fingerprint density at radius 2 is 1.80 bits per heavy atom. The smallest absolute Gasteiger partial charge is 0.144 e. The Balaban J connectivity index is 2.24. The van der Waals surface area contributed by atoms with Gasteiger partial charge in [-0.15, -0.1) is 0 Å². The minimum absolute atomic E-state index is 0.0364. The van der Waals surface area contributed by atoms with Crippen LogP contribution in [0.3, 0.4) is 0 Å². The standard InChI is InChI=1S/C15H8F2N2O/c16-13-5-4-10(7-18)6-11(13)9-20-15-3-1-2-14(17)12(15)8-19/h1-6H,9H2. The number of ether oxygens (including phenoxy) is 1. The van der Waals surface area contributed by atoms with Gasteiger partial charge in [-0.3, -0.25) is 0 Å². The molecule has 2 aromatic rings. The van der Waals surface area contributed by atoms with Crippen LogP contribution in [0, 0.1) is 34.3 Å². The molecular weight excluding hydrogens is 262 g/mol. The number of nitriles is 2. The van der Waals surface area contributed by atoms with Crippen LogP contribution in [0.5, 0.6) is 5.75 Å². The molecule has 0 spiro atoms. The molecule has 0 saturated carbocycles. The van der Waals surface area contributed by atoms with Crippen LogP contribution in [-0.4, -0.2) is 0 Å². The second-order valence-electron chi connectivity index (χ2n) is 3.93. The van der Waals surface area contributed by atoms with E-state index in [-0.39, 0.29) is 23.5 Å². The molecule has 0 amide bonds. The maximum absolute atomic E-state index is 13.5. The summed E-state index contributed by atoms with van der Waals surface area (Å²) in [5, 5.41) is 17.6. The molecule has 98 valence electrons. The van der Waals surface area contributed by atoms with Gasteiger partial charge in [-0.1, -0.05) is 6.07 Å². The first-order chi connectivity index (χ1) is 9.65. The van der Waals surface area contributed by atoms with E-state index in [2.05, 4.69) is 0 Å². The predicted molar refractivity (Wildman–Crippen MR) is 66.6 cm³/mol. The van der Waals surface area contributed by atoms with Gasteiger partial charge in [0.2, 0.25) is 0 Å². The average Bonchev–Trinajstić information content (AvgIpc) is 2.46. The van der Waals surface area contributed by atoms with Crippen LogP contribution in [0.1, 0.15) is 16.7 Å². The second kappa shape index (κ2) is 5.81. The molecule has 0 aromatic heterocycles. The van der Waals surface area contributed by atoms with Crippen molar-refractivity contribution in [1.82, 2.24) is 0 Å². The minimum atomic E-state index is -0.698. The SMILES string of the molecule is N#Cc1ccc(F)c(COc2cccc(F)c2C#N)c1. The van der Waals surface area contributed by atoms with Crippen LogP contribution in [0.15, 0.2) is 36.4 Å². The summed E-state index contributed by atoms with van der Waals surface area (Å²) in [5.41, 5.74) is 0.228. The Labute approximate surface area is 114 Å². The van der Waals surface area contributed by atoms with Gasteiger partial charge >= 0.3 is 0 Å². The van der Waals surface area contributed by atoms with E-state index in [0.717, 1.165) is 12.1 Å². The van der Waals surface area contributed by atoms with Crippen molar-refractivity contribution < 1.29 is 13.5 Å². The Hall–Kier alpha value is -2.92. The van der Waals surface area contributed by atoms with Crippen molar-refractivity contribution in [3.63, 3.8) is 0 Å². The number of rotatable bonds is 3. The first-order valence-corrected chi connectivity index (χ1v) is 5.65. The molecule has 0 aliphatic carbocycles. The molecule has 0 bridgehead atoms. The zero-order valence-corrected chi connectivity index (χ0v) is 10.2. The Bertz CT molecular complexity index is 730. The Morgan fingerprint density at radius 1 is 1.00 bits per heavy atom. The molecule has 3 nitrogen and oxygen atoms in total. The zero-order chi connectivity index (χ0) is 14.5. The molecular formula is C15H8F2N2O. The summed E-state index contributed by atoms with van der Waals surface area (Å²) in [6, 6.07) is 11.4. The molecule has 0 N–H and O–H groups in total. The van der Waals surface area contributed by atoms with E-state index in [1.807, 2.05) is 6.07 Å². The summed E-state index contributed by atoms with van der Waals surface area (Å²) in [5.74, 6) is -1.19. The molecule has 0 radical (unpaired) electrons. The average molecular weight is 270 g/mol. The van der Waals surface area contributed by atoms with Crippen molar-refractivity contribution in [2.45, 2.75) is 6.61 Å². The molecule has 0 heterocycles. The summed E-state index contributed by atoms with van der Waals surface area (Å²) < 4.78 is 32.2. The van der Waals surface area contributed by atoms with Crippen molar-refractivity contribution in [2.75, 3.05) is 0 Å². The van der Waals surface area contributed by atoms with Crippen LogP contribution < -0.4 is 4.74 Å². The number of hydrogen-bond acceptors (Lipinski definition) is 3. The fourth-order valence-electron chi connectivity index (χ4n) is 1.64. The highest BCUT2D eigenvalue weighted by molar-refractivity contribution is 5.44. The van der Waals surface area contributed by atoms with Gasteiger partial charge in [-0.05, 0) is 30.3 Å². The van der Waals surface area contributed by atoms with Crippen LogP contribution in [0.4, 0.5) is 8.78 Å². The summed E-state index contributed by atoms with van der Waals surface area (Å²) in [7, 11) is 0. The van der Waals surface area contributed by atoms with E-state index < -0.39 is 11.6 Å². The van der Waals surface area contributed by atoms with Crippen LogP contribution in [0.25, 0.3) is 0 Å². The largest absolute Gasteiger partial charge is 0.487 e. The van der Waals surface area contributed by atoms with Gasteiger partial charge in [0, 0.05) is 5.56 Å². The lowest BCUT2D eigenvalue weighted by molar-refractivity contribution is 0.297. The lowest BCUT2D eigenvalue weighted by Gasteiger charge is -2.09. The van der Waals surface area contributed by atoms with E-state index in [1.165, 1.54) is 24.3 Å². The molecule has 0 aliphatic heterocycles. The van der Waals surface area contributed by atoms with Gasteiger partial charge < -0.3 is 4.74 Å². The molecule has 0 unspecified atom stereocenters. The monoisotopic (exact) mass is 270 g/mol. The maximum Gasteiger partial charge on any atom is 0.144 e. The van der Waals surface area contributed by atoms with Crippen LogP contribution in [0.2, 0.25) is 0 Å². The Kier molecular flexibility index (Phi) is 3.93. The second-order valence-corrected chi connectivity index (χ2v) is 3.93. The van der Waals surface area contributed by atoms with Gasteiger partial charge in [-0.25, -0.2) is 8.78 Å². The van der Waals surface area contributed by atoms with Gasteiger partial charge in [0.25, 0.3) is 0 Å². The quantitative estimate of drug-likeness (QED) is 0.859. The first-order valence-electron chi connectivity index (χ1n) is 5.65. The topological polar surface area (TPSA) is 56.8 Å². The highest BCUT2D eigenvalue weighted by Gasteiger charge is 2.10. The molecule has 2 aromatic carbocycles. The number of benzene rings is 2. The van der Waals surface area contributed by atoms with Crippen molar-refractivity contribution >= 4 is 0 Å². The van der Waals surface area contributed by atoms with Crippen molar-refractivity contribution in [3.05, 3.63) is 64.7 Å². The highest BCUT2D eigenvalue weighted by Crippen LogP contribution is 2.22. The van der Waals surface area contributed by atoms with Crippen LogP contribution >= 0.6 is 0 Å². The van der Waals surface area contributed by atoms with E-state index in [4.69, 9.17) is 15.3 Å². The third-order valence-electron chi connectivity index (χ3n) is 2.65. The third kappa shape index (κ3) is 2.73. The van der Waals surface area contributed by atoms with Crippen LogP contribution in [-0.2, 0) is 6.61 Å². The fourth-order valence-corrected chi connectivity index (χ4v) is 1.64. The molecule has 0 saturated heterocycles. The molecule has 0 atom stereocenters. The number of nitrogens with zero attached hydrogens (tertiary/aromatic N) is 2. The van der Waals surface area contributed by atoms with E-state index in [9.17, 15) is 8.78 Å². The lowest BCUT2D eigenvalue weighted by Crippen LogP contribution is -2.01. The van der Waals surface area contributed by atoms with Crippen molar-refractivity contribution in [2.24, 2.45) is 0 Å². The lowest BCUT2D eigenvalue weighted by atomic mass is 10.1. The van der Waals surface area contributed by atoms with Gasteiger partial charge in [0.15, 0.2) is 0 Å². The van der Waals surface area contributed by atoms with Gasteiger partial charge in [0.05, 0.1) is 11.6 Å². The van der Waals surface area contributed by atoms with E-state index >= 15 is 0 Å².